The van der Waals surface area contributed by atoms with E-state index in [2.05, 4.69) is 5.32 Å². The molecule has 3 N–H and O–H groups in total. The van der Waals surface area contributed by atoms with Crippen molar-refractivity contribution in [3.05, 3.63) is 0 Å². The summed E-state index contributed by atoms with van der Waals surface area (Å²) in [4.78, 5) is 13.3. The molecule has 0 unspecified atom stereocenters. The van der Waals surface area contributed by atoms with E-state index in [4.69, 9.17) is 18.0 Å². The molecular weight excluding hydrogens is 186 g/mol. The zero-order valence-electron chi connectivity index (χ0n) is 8.33. The van der Waals surface area contributed by atoms with Crippen molar-refractivity contribution in [2.24, 2.45) is 5.73 Å². The molecule has 0 aromatic rings. The zero-order valence-corrected chi connectivity index (χ0v) is 9.15. The van der Waals surface area contributed by atoms with Crippen LogP contribution in [-0.4, -0.2) is 35.1 Å². The van der Waals surface area contributed by atoms with Gasteiger partial charge in [-0.2, -0.15) is 0 Å². The average Bonchev–Trinajstić information content (AvgIpc) is 1.98. The molecule has 0 atom stereocenters. The quantitative estimate of drug-likeness (QED) is 0.662. The summed E-state index contributed by atoms with van der Waals surface area (Å²) in [6.07, 6.45) is 0. The van der Waals surface area contributed by atoms with Gasteiger partial charge in [-0.05, 0) is 20.8 Å². The van der Waals surface area contributed by atoms with Crippen LogP contribution in [0.3, 0.4) is 0 Å². The average molecular weight is 203 g/mol. The topological polar surface area (TPSA) is 58.4 Å². The lowest BCUT2D eigenvalue weighted by Crippen LogP contribution is -2.45. The third-order valence-electron chi connectivity index (χ3n) is 1.43. The van der Waals surface area contributed by atoms with E-state index >= 15 is 0 Å². The molecule has 4 nitrogen and oxygen atoms in total. The number of amides is 2. The van der Waals surface area contributed by atoms with Crippen LogP contribution >= 0.6 is 12.2 Å². The summed E-state index contributed by atoms with van der Waals surface area (Å²) in [7, 11) is 0. The van der Waals surface area contributed by atoms with Gasteiger partial charge in [-0.25, -0.2) is 4.79 Å². The lowest BCUT2D eigenvalue weighted by atomic mass is 10.4. The fourth-order valence-corrected chi connectivity index (χ4v) is 1.01. The van der Waals surface area contributed by atoms with Gasteiger partial charge in [0.1, 0.15) is 0 Å². The molecular formula is C8H17N3OS. The smallest absolute Gasteiger partial charge is 0.317 e. The third kappa shape index (κ3) is 5.41. The summed E-state index contributed by atoms with van der Waals surface area (Å²) in [6, 6.07) is 0.0122. The minimum absolute atomic E-state index is 0.120. The molecule has 0 saturated heterocycles. The second kappa shape index (κ2) is 5.75. The molecule has 0 radical (unpaired) electrons. The van der Waals surface area contributed by atoms with Crippen molar-refractivity contribution in [2.75, 3.05) is 13.1 Å². The number of thiocarbonyl (C=S) groups is 1. The van der Waals surface area contributed by atoms with Gasteiger partial charge in [0.05, 0.1) is 11.5 Å². The SMILES string of the molecule is CCN(CC(N)=S)C(=O)NC(C)C. The Bertz CT molecular complexity index is 194. The third-order valence-corrected chi connectivity index (χ3v) is 1.56. The number of hydrogen-bond acceptors (Lipinski definition) is 2. The van der Waals surface area contributed by atoms with Gasteiger partial charge in [0.15, 0.2) is 0 Å². The highest BCUT2D eigenvalue weighted by atomic mass is 32.1. The number of nitrogens with two attached hydrogens (primary N) is 1. The van der Waals surface area contributed by atoms with Crippen LogP contribution in [0.1, 0.15) is 20.8 Å². The van der Waals surface area contributed by atoms with Crippen molar-refractivity contribution in [3.8, 4) is 0 Å². The van der Waals surface area contributed by atoms with Crippen molar-refractivity contribution in [3.63, 3.8) is 0 Å². The lowest BCUT2D eigenvalue weighted by molar-refractivity contribution is 0.205. The van der Waals surface area contributed by atoms with Crippen LogP contribution in [-0.2, 0) is 0 Å². The Balaban J connectivity index is 4.07. The Morgan fingerprint density at radius 2 is 2.15 bits per heavy atom. The molecule has 0 aliphatic carbocycles. The first-order valence-electron chi connectivity index (χ1n) is 4.31. The van der Waals surface area contributed by atoms with E-state index in [0.29, 0.717) is 18.1 Å². The molecule has 0 aliphatic rings. The van der Waals surface area contributed by atoms with Gasteiger partial charge >= 0.3 is 6.03 Å². The summed E-state index contributed by atoms with van der Waals surface area (Å²) in [5.41, 5.74) is 5.35. The molecule has 0 rings (SSSR count). The van der Waals surface area contributed by atoms with E-state index in [9.17, 15) is 4.79 Å². The molecule has 0 heterocycles. The summed E-state index contributed by atoms with van der Waals surface area (Å²) < 4.78 is 0. The summed E-state index contributed by atoms with van der Waals surface area (Å²) in [5.74, 6) is 0. The normalized spacial score (nSPS) is 9.85. The molecule has 0 spiro atoms. The molecule has 2 amide bonds. The number of hydrogen-bond donors (Lipinski definition) is 2. The van der Waals surface area contributed by atoms with Gasteiger partial charge in [-0.3, -0.25) is 0 Å². The van der Waals surface area contributed by atoms with Crippen molar-refractivity contribution < 1.29 is 4.79 Å². The minimum atomic E-state index is -0.120. The maximum absolute atomic E-state index is 11.4. The highest BCUT2D eigenvalue weighted by Gasteiger charge is 2.12. The minimum Gasteiger partial charge on any atom is -0.392 e. The van der Waals surface area contributed by atoms with Gasteiger partial charge in [0.2, 0.25) is 0 Å². The standard InChI is InChI=1S/C8H17N3OS/c1-4-11(5-7(9)13)8(12)10-6(2)3/h6H,4-5H2,1-3H3,(H2,9,13)(H,10,12). The number of rotatable bonds is 4. The van der Waals surface area contributed by atoms with E-state index in [1.165, 1.54) is 0 Å². The van der Waals surface area contributed by atoms with Crippen LogP contribution in [0.25, 0.3) is 0 Å². The monoisotopic (exact) mass is 203 g/mol. The Labute approximate surface area is 84.5 Å². The number of urea groups is 1. The first-order chi connectivity index (χ1) is 5.97. The van der Waals surface area contributed by atoms with E-state index in [0.717, 1.165) is 0 Å². The number of carbonyl (C=O) groups excluding carboxylic acids is 1. The highest BCUT2D eigenvalue weighted by Crippen LogP contribution is 1.90. The second-order valence-electron chi connectivity index (χ2n) is 3.08. The molecule has 0 aromatic heterocycles. The Morgan fingerprint density at radius 1 is 1.62 bits per heavy atom. The van der Waals surface area contributed by atoms with E-state index in [1.54, 1.807) is 4.90 Å². The lowest BCUT2D eigenvalue weighted by Gasteiger charge is -2.21. The predicted molar refractivity (Wildman–Crippen MR) is 57.7 cm³/mol. The van der Waals surface area contributed by atoms with Crippen LogP contribution < -0.4 is 11.1 Å². The first kappa shape index (κ1) is 12.2. The van der Waals surface area contributed by atoms with E-state index in [-0.39, 0.29) is 12.1 Å². The maximum atomic E-state index is 11.4. The van der Waals surface area contributed by atoms with Gasteiger partial charge in [0, 0.05) is 12.6 Å². The Hall–Kier alpha value is -0.840. The van der Waals surface area contributed by atoms with Crippen molar-refractivity contribution >= 4 is 23.2 Å². The fourth-order valence-electron chi connectivity index (χ4n) is 0.854. The fraction of sp³-hybridized carbons (Fsp3) is 0.750. The summed E-state index contributed by atoms with van der Waals surface area (Å²) in [5, 5.41) is 2.77. The van der Waals surface area contributed by atoms with Crippen molar-refractivity contribution in [1.29, 1.82) is 0 Å². The van der Waals surface area contributed by atoms with Crippen LogP contribution in [0.4, 0.5) is 4.79 Å². The van der Waals surface area contributed by atoms with Crippen LogP contribution in [0.15, 0.2) is 0 Å². The van der Waals surface area contributed by atoms with Crippen LogP contribution in [0.5, 0.6) is 0 Å². The molecule has 0 bridgehead atoms. The molecule has 5 heteroatoms. The Kier molecular flexibility index (Phi) is 5.37. The van der Waals surface area contributed by atoms with E-state index in [1.807, 2.05) is 20.8 Å². The number of nitrogens with one attached hydrogen (secondary N) is 1. The van der Waals surface area contributed by atoms with E-state index < -0.39 is 0 Å². The molecule has 0 saturated carbocycles. The van der Waals surface area contributed by atoms with Crippen molar-refractivity contribution in [1.82, 2.24) is 10.2 Å². The van der Waals surface area contributed by atoms with Crippen LogP contribution in [0.2, 0.25) is 0 Å². The second-order valence-corrected chi connectivity index (χ2v) is 3.61. The van der Waals surface area contributed by atoms with Gasteiger partial charge in [-0.1, -0.05) is 12.2 Å². The van der Waals surface area contributed by atoms with Crippen LogP contribution in [0, 0.1) is 0 Å². The molecule has 0 aromatic carbocycles. The largest absolute Gasteiger partial charge is 0.392 e. The molecule has 0 aliphatic heterocycles. The van der Waals surface area contributed by atoms with Gasteiger partial charge in [-0.15, -0.1) is 0 Å². The summed E-state index contributed by atoms with van der Waals surface area (Å²) >= 11 is 4.73. The molecule has 76 valence electrons. The zero-order chi connectivity index (χ0) is 10.4. The van der Waals surface area contributed by atoms with Gasteiger partial charge in [0.25, 0.3) is 0 Å². The number of nitrogens with zero attached hydrogens (tertiary/aromatic N) is 1. The number of carbonyl (C=O) groups is 1. The number of likely N-dealkylation sites (N-methyl/N-ethyl adjacent to an activating group) is 1. The predicted octanol–water partition coefficient (Wildman–Crippen LogP) is 0.712. The Morgan fingerprint density at radius 3 is 2.46 bits per heavy atom. The highest BCUT2D eigenvalue weighted by molar-refractivity contribution is 7.80. The summed E-state index contributed by atoms with van der Waals surface area (Å²) in [6.45, 7) is 6.65. The molecule has 13 heavy (non-hydrogen) atoms. The first-order valence-corrected chi connectivity index (χ1v) is 4.72. The maximum Gasteiger partial charge on any atom is 0.317 e. The van der Waals surface area contributed by atoms with Crippen molar-refractivity contribution in [2.45, 2.75) is 26.8 Å². The van der Waals surface area contributed by atoms with Gasteiger partial charge < -0.3 is 16.0 Å². The molecule has 0 fully saturated rings.